The maximum absolute atomic E-state index is 14.3. The third-order valence-corrected chi connectivity index (χ3v) is 7.82. The zero-order valence-electron chi connectivity index (χ0n) is 20.6. The van der Waals surface area contributed by atoms with Crippen molar-refractivity contribution in [3.63, 3.8) is 0 Å². The zero-order valence-corrected chi connectivity index (χ0v) is 22.2. The summed E-state index contributed by atoms with van der Waals surface area (Å²) >= 11 is 7.14. The molecule has 7 nitrogen and oxygen atoms in total. The molecule has 0 unspecified atom stereocenters. The van der Waals surface area contributed by atoms with Gasteiger partial charge in [0.05, 0.1) is 33.8 Å². The fraction of sp³-hybridized carbons (Fsp3) is 0.185. The summed E-state index contributed by atoms with van der Waals surface area (Å²) in [5.41, 5.74) is -0.415. The monoisotopic (exact) mass is 590 g/mol. The smallest absolute Gasteiger partial charge is 0.346 e. The summed E-state index contributed by atoms with van der Waals surface area (Å²) in [5.74, 6) is -2.59. The third kappa shape index (κ3) is 5.11. The second kappa shape index (κ2) is 10.5. The predicted octanol–water partition coefficient (Wildman–Crippen LogP) is 5.60. The Balaban J connectivity index is 1.46. The van der Waals surface area contributed by atoms with Crippen LogP contribution in [-0.2, 0) is 19.6 Å². The van der Waals surface area contributed by atoms with Crippen molar-refractivity contribution in [1.29, 1.82) is 0 Å². The Hall–Kier alpha value is -4.03. The molecule has 3 amide bonds. The van der Waals surface area contributed by atoms with Crippen molar-refractivity contribution in [2.24, 2.45) is 7.05 Å². The molecule has 0 aliphatic carbocycles. The molecule has 0 bridgehead atoms. The molecule has 40 heavy (non-hydrogen) atoms. The first kappa shape index (κ1) is 27.5. The van der Waals surface area contributed by atoms with Gasteiger partial charge in [-0.15, -0.1) is 11.3 Å². The summed E-state index contributed by atoms with van der Waals surface area (Å²) in [7, 11) is 1.50. The van der Waals surface area contributed by atoms with Crippen LogP contribution in [0.25, 0.3) is 11.3 Å². The molecule has 0 saturated heterocycles. The highest BCUT2D eigenvalue weighted by molar-refractivity contribution is 7.18. The highest BCUT2D eigenvalue weighted by Gasteiger charge is 2.38. The van der Waals surface area contributed by atoms with Gasteiger partial charge in [0.25, 0.3) is 17.7 Å². The Morgan fingerprint density at radius 2 is 1.68 bits per heavy atom. The molecule has 0 spiro atoms. The van der Waals surface area contributed by atoms with Crippen LogP contribution in [0.5, 0.6) is 0 Å². The van der Waals surface area contributed by atoms with Crippen LogP contribution in [0.4, 0.5) is 17.6 Å². The largest absolute Gasteiger partial charge is 0.416 e. The van der Waals surface area contributed by atoms with Gasteiger partial charge in [0, 0.05) is 19.2 Å². The number of hydrogen-bond donors (Lipinski definition) is 1. The van der Waals surface area contributed by atoms with Crippen LogP contribution in [0, 0.1) is 5.82 Å². The van der Waals surface area contributed by atoms with E-state index in [1.54, 1.807) is 12.1 Å². The second-order valence-electron chi connectivity index (χ2n) is 9.06. The predicted molar refractivity (Wildman–Crippen MR) is 140 cm³/mol. The molecular formula is C27H19ClF4N4O3S. The Bertz CT molecular complexity index is 1590. The molecule has 0 fully saturated rings. The van der Waals surface area contributed by atoms with Crippen LogP contribution in [0.15, 0.2) is 60.8 Å². The van der Waals surface area contributed by atoms with Gasteiger partial charge in [-0.1, -0.05) is 41.9 Å². The first-order chi connectivity index (χ1) is 19.0. The quantitative estimate of drug-likeness (QED) is 0.224. The second-order valence-corrected chi connectivity index (χ2v) is 10.7. The fourth-order valence-corrected chi connectivity index (χ4v) is 5.82. The normalized spacial score (nSPS) is 14.0. The maximum Gasteiger partial charge on any atom is 0.416 e. The van der Waals surface area contributed by atoms with E-state index in [-0.39, 0.29) is 50.1 Å². The number of fused-ring (bicyclic) bond motifs is 1. The van der Waals surface area contributed by atoms with Crippen molar-refractivity contribution >= 4 is 40.7 Å². The van der Waals surface area contributed by atoms with E-state index in [1.807, 2.05) is 0 Å². The van der Waals surface area contributed by atoms with Crippen molar-refractivity contribution in [2.75, 3.05) is 6.54 Å². The molecule has 0 saturated carbocycles. The third-order valence-electron chi connectivity index (χ3n) is 6.47. The molecule has 1 aliphatic heterocycles. The number of aromatic nitrogens is 2. The lowest BCUT2D eigenvalue weighted by atomic mass is 9.99. The maximum atomic E-state index is 14.3. The SMILES string of the molecule is Cn1ncc(F)c1-c1cc(C(=O)N[C@@H](Cc2ccccc2C(F)(F)F)CN2C(=O)c3ccccc3C2=O)sc1Cl. The van der Waals surface area contributed by atoms with E-state index in [9.17, 15) is 31.9 Å². The molecule has 1 atom stereocenters. The van der Waals surface area contributed by atoms with Crippen LogP contribution < -0.4 is 5.32 Å². The molecule has 2 aromatic carbocycles. The number of amides is 3. The topological polar surface area (TPSA) is 84.3 Å². The molecule has 3 heterocycles. The number of carbonyl (C=O) groups excluding carboxylic acids is 3. The van der Waals surface area contributed by atoms with Gasteiger partial charge in [0.15, 0.2) is 5.82 Å². The minimum absolute atomic E-state index is 0.0528. The Kier molecular flexibility index (Phi) is 7.23. The zero-order chi connectivity index (χ0) is 28.8. The van der Waals surface area contributed by atoms with Crippen molar-refractivity contribution in [2.45, 2.75) is 18.6 Å². The Labute approximate surface area is 234 Å². The average Bonchev–Trinajstić information content (AvgIpc) is 3.53. The number of nitrogens with one attached hydrogen (secondary N) is 1. The van der Waals surface area contributed by atoms with Crippen molar-refractivity contribution in [3.05, 3.63) is 98.1 Å². The number of benzene rings is 2. The summed E-state index contributed by atoms with van der Waals surface area (Å²) in [6.45, 7) is -0.382. The van der Waals surface area contributed by atoms with Gasteiger partial charge in [-0.05, 0) is 36.2 Å². The van der Waals surface area contributed by atoms with Gasteiger partial charge in [-0.3, -0.25) is 24.0 Å². The van der Waals surface area contributed by atoms with Gasteiger partial charge < -0.3 is 5.32 Å². The van der Waals surface area contributed by atoms with Crippen molar-refractivity contribution in [3.8, 4) is 11.3 Å². The van der Waals surface area contributed by atoms with Crippen LogP contribution in [-0.4, -0.2) is 45.0 Å². The van der Waals surface area contributed by atoms with Gasteiger partial charge in [-0.25, -0.2) is 4.39 Å². The minimum Gasteiger partial charge on any atom is -0.346 e. The van der Waals surface area contributed by atoms with Gasteiger partial charge in [-0.2, -0.15) is 18.3 Å². The minimum atomic E-state index is -4.66. The number of imide groups is 1. The average molecular weight is 591 g/mol. The molecule has 1 N–H and O–H groups in total. The summed E-state index contributed by atoms with van der Waals surface area (Å²) in [6.07, 6.45) is -4.00. The Morgan fingerprint density at radius 3 is 2.27 bits per heavy atom. The van der Waals surface area contributed by atoms with Crippen LogP contribution in [0.2, 0.25) is 4.34 Å². The van der Waals surface area contributed by atoms with Crippen molar-refractivity contribution < 1.29 is 31.9 Å². The molecule has 4 aromatic rings. The van der Waals surface area contributed by atoms with Crippen LogP contribution >= 0.6 is 22.9 Å². The van der Waals surface area contributed by atoms with Gasteiger partial charge in [0.1, 0.15) is 10.0 Å². The summed E-state index contributed by atoms with van der Waals surface area (Å²) < 4.78 is 56.8. The molecule has 13 heteroatoms. The lowest BCUT2D eigenvalue weighted by molar-refractivity contribution is -0.138. The highest BCUT2D eigenvalue weighted by Crippen LogP contribution is 2.37. The van der Waals surface area contributed by atoms with E-state index in [0.29, 0.717) is 0 Å². The lowest BCUT2D eigenvalue weighted by Crippen LogP contribution is -2.47. The first-order valence-electron chi connectivity index (χ1n) is 11.8. The fourth-order valence-electron chi connectivity index (χ4n) is 4.64. The molecule has 1 aliphatic rings. The van der Waals surface area contributed by atoms with E-state index < -0.39 is 41.3 Å². The van der Waals surface area contributed by atoms with Crippen LogP contribution in [0.1, 0.15) is 41.5 Å². The van der Waals surface area contributed by atoms with Gasteiger partial charge in [0.2, 0.25) is 0 Å². The number of alkyl halides is 3. The number of hydrogen-bond acceptors (Lipinski definition) is 5. The number of halogens is 5. The number of nitrogens with zero attached hydrogens (tertiary/aromatic N) is 3. The summed E-state index contributed by atoms with van der Waals surface area (Å²) in [6, 6.07) is 11.3. The number of thiophene rings is 1. The molecule has 0 radical (unpaired) electrons. The molecular weight excluding hydrogens is 572 g/mol. The number of aryl methyl sites for hydroxylation is 1. The number of carbonyl (C=O) groups is 3. The van der Waals surface area contributed by atoms with E-state index in [2.05, 4.69) is 10.4 Å². The Morgan fingerprint density at radius 1 is 1.05 bits per heavy atom. The molecule has 2 aromatic heterocycles. The summed E-state index contributed by atoms with van der Waals surface area (Å²) in [4.78, 5) is 40.2. The van der Waals surface area contributed by atoms with Gasteiger partial charge >= 0.3 is 6.18 Å². The first-order valence-corrected chi connectivity index (χ1v) is 13.0. The highest BCUT2D eigenvalue weighted by atomic mass is 35.5. The van der Waals surface area contributed by atoms with E-state index in [1.165, 1.54) is 48.1 Å². The number of rotatable bonds is 7. The molecule has 5 rings (SSSR count). The van der Waals surface area contributed by atoms with E-state index in [0.717, 1.165) is 28.5 Å². The standard InChI is InChI=1S/C27H19ClF4N4O3S/c1-35-22(20(29)12-33-35)18-11-21(40-23(18)28)24(37)34-15(10-14-6-2-5-9-19(14)27(30,31)32)13-36-25(38)16-7-3-4-8-17(16)26(36)39/h2-9,11-12,15H,10,13H2,1H3,(H,34,37)/t15-/m0/s1. The summed E-state index contributed by atoms with van der Waals surface area (Å²) in [5, 5.41) is 6.48. The van der Waals surface area contributed by atoms with Crippen molar-refractivity contribution in [1.82, 2.24) is 20.0 Å². The lowest BCUT2D eigenvalue weighted by Gasteiger charge is -2.25. The van der Waals surface area contributed by atoms with Crippen LogP contribution in [0.3, 0.4) is 0 Å². The molecule has 206 valence electrons. The van der Waals surface area contributed by atoms with E-state index in [4.69, 9.17) is 11.6 Å². The van der Waals surface area contributed by atoms with E-state index >= 15 is 0 Å².